The van der Waals surface area contributed by atoms with E-state index < -0.39 is 11.8 Å². The molecule has 1 N–H and O–H groups in total. The number of benzene rings is 2. The van der Waals surface area contributed by atoms with Gasteiger partial charge in [0.05, 0.1) is 6.04 Å². The average molecular weight is 310 g/mol. The molecule has 2 aromatic carbocycles. The number of carbonyl (C=O) groups excluding carboxylic acids is 2. The van der Waals surface area contributed by atoms with Crippen LogP contribution >= 0.6 is 0 Å². The topological polar surface area (TPSA) is 49.4 Å². The second-order valence-electron chi connectivity index (χ2n) is 5.78. The Hall–Kier alpha value is -2.62. The van der Waals surface area contributed by atoms with E-state index in [0.29, 0.717) is 5.69 Å². The second-order valence-corrected chi connectivity index (χ2v) is 5.78. The van der Waals surface area contributed by atoms with Crippen LogP contribution in [-0.4, -0.2) is 23.8 Å². The van der Waals surface area contributed by atoms with Crippen LogP contribution in [0.5, 0.6) is 0 Å². The van der Waals surface area contributed by atoms with Gasteiger partial charge in [0.2, 0.25) is 0 Å². The van der Waals surface area contributed by atoms with Gasteiger partial charge in [-0.1, -0.05) is 42.5 Å². The SMILES string of the molecule is Cc1ccc(C)c(NC(=O)C(=O)N(C)[C@H](C)c2ccccc2)c1. The van der Waals surface area contributed by atoms with Crippen LogP contribution in [0.2, 0.25) is 0 Å². The minimum Gasteiger partial charge on any atom is -0.331 e. The summed E-state index contributed by atoms with van der Waals surface area (Å²) in [6.07, 6.45) is 0. The lowest BCUT2D eigenvalue weighted by atomic mass is 10.1. The summed E-state index contributed by atoms with van der Waals surface area (Å²) in [7, 11) is 1.64. The molecule has 0 fully saturated rings. The molecule has 120 valence electrons. The van der Waals surface area contributed by atoms with E-state index >= 15 is 0 Å². The van der Waals surface area contributed by atoms with Gasteiger partial charge in [-0.3, -0.25) is 9.59 Å². The highest BCUT2D eigenvalue weighted by molar-refractivity contribution is 6.39. The number of hydrogen-bond donors (Lipinski definition) is 1. The smallest absolute Gasteiger partial charge is 0.313 e. The Balaban J connectivity index is 2.10. The predicted octanol–water partition coefficient (Wildman–Crippen LogP) is 3.46. The van der Waals surface area contributed by atoms with E-state index in [2.05, 4.69) is 5.32 Å². The maximum atomic E-state index is 12.4. The first-order chi connectivity index (χ1) is 10.9. The number of carbonyl (C=O) groups is 2. The summed E-state index contributed by atoms with van der Waals surface area (Å²) in [5.74, 6) is -1.17. The summed E-state index contributed by atoms with van der Waals surface area (Å²) in [5.41, 5.74) is 3.62. The van der Waals surface area contributed by atoms with Gasteiger partial charge in [-0.2, -0.15) is 0 Å². The van der Waals surface area contributed by atoms with Crippen molar-refractivity contribution in [1.82, 2.24) is 4.90 Å². The van der Waals surface area contributed by atoms with Crippen molar-refractivity contribution in [3.8, 4) is 0 Å². The maximum absolute atomic E-state index is 12.4. The van der Waals surface area contributed by atoms with Crippen LogP contribution in [-0.2, 0) is 9.59 Å². The van der Waals surface area contributed by atoms with E-state index in [1.54, 1.807) is 7.05 Å². The molecule has 0 spiro atoms. The van der Waals surface area contributed by atoms with E-state index in [1.807, 2.05) is 69.3 Å². The normalized spacial score (nSPS) is 11.7. The Kier molecular flexibility index (Phi) is 5.16. The van der Waals surface area contributed by atoms with Gasteiger partial charge in [-0.25, -0.2) is 0 Å². The van der Waals surface area contributed by atoms with Crippen LogP contribution in [0.15, 0.2) is 48.5 Å². The Morgan fingerprint density at radius 1 is 1.04 bits per heavy atom. The van der Waals surface area contributed by atoms with Crippen LogP contribution in [0.3, 0.4) is 0 Å². The molecule has 0 saturated carbocycles. The van der Waals surface area contributed by atoms with Crippen molar-refractivity contribution in [3.05, 3.63) is 65.2 Å². The van der Waals surface area contributed by atoms with Gasteiger partial charge in [0, 0.05) is 12.7 Å². The first-order valence-electron chi connectivity index (χ1n) is 7.60. The third-order valence-electron chi connectivity index (χ3n) is 4.02. The molecular formula is C19H22N2O2. The van der Waals surface area contributed by atoms with E-state index in [9.17, 15) is 9.59 Å². The predicted molar refractivity (Wildman–Crippen MR) is 92.2 cm³/mol. The Bertz CT molecular complexity index is 711. The zero-order chi connectivity index (χ0) is 17.0. The van der Waals surface area contributed by atoms with Gasteiger partial charge in [0.1, 0.15) is 0 Å². The molecule has 0 aliphatic heterocycles. The molecular weight excluding hydrogens is 288 g/mol. The van der Waals surface area contributed by atoms with Crippen molar-refractivity contribution in [2.75, 3.05) is 12.4 Å². The van der Waals surface area contributed by atoms with E-state index in [0.717, 1.165) is 16.7 Å². The van der Waals surface area contributed by atoms with Crippen LogP contribution in [0, 0.1) is 13.8 Å². The first-order valence-corrected chi connectivity index (χ1v) is 7.60. The van der Waals surface area contributed by atoms with Crippen molar-refractivity contribution in [1.29, 1.82) is 0 Å². The van der Waals surface area contributed by atoms with Gasteiger partial charge in [-0.15, -0.1) is 0 Å². The molecule has 23 heavy (non-hydrogen) atoms. The molecule has 0 aliphatic rings. The number of amides is 2. The summed E-state index contributed by atoms with van der Waals surface area (Å²) in [6.45, 7) is 5.74. The summed E-state index contributed by atoms with van der Waals surface area (Å²) in [5, 5.41) is 2.71. The zero-order valence-corrected chi connectivity index (χ0v) is 14.0. The lowest BCUT2D eigenvalue weighted by Crippen LogP contribution is -2.38. The Morgan fingerprint density at radius 2 is 1.70 bits per heavy atom. The monoisotopic (exact) mass is 310 g/mol. The van der Waals surface area contributed by atoms with Crippen molar-refractivity contribution >= 4 is 17.5 Å². The fraction of sp³-hybridized carbons (Fsp3) is 0.263. The number of nitrogens with zero attached hydrogens (tertiary/aromatic N) is 1. The van der Waals surface area contributed by atoms with Gasteiger partial charge in [0.25, 0.3) is 0 Å². The maximum Gasteiger partial charge on any atom is 0.313 e. The largest absolute Gasteiger partial charge is 0.331 e. The number of rotatable bonds is 3. The Labute approximate surface area is 137 Å². The van der Waals surface area contributed by atoms with Crippen LogP contribution in [0.25, 0.3) is 0 Å². The highest BCUT2D eigenvalue weighted by Gasteiger charge is 2.24. The number of likely N-dealkylation sites (N-methyl/N-ethyl adjacent to an activating group) is 1. The molecule has 0 aliphatic carbocycles. The first kappa shape index (κ1) is 16.7. The number of aryl methyl sites for hydroxylation is 2. The molecule has 2 amide bonds. The molecule has 2 aromatic rings. The van der Waals surface area contributed by atoms with Crippen LogP contribution < -0.4 is 5.32 Å². The lowest BCUT2D eigenvalue weighted by Gasteiger charge is -2.24. The standard InChI is InChI=1S/C19H22N2O2/c1-13-10-11-14(2)17(12-13)20-18(22)19(23)21(4)15(3)16-8-6-5-7-9-16/h5-12,15H,1-4H3,(H,20,22)/t15-/m1/s1. The van der Waals surface area contributed by atoms with E-state index in [4.69, 9.17) is 0 Å². The van der Waals surface area contributed by atoms with E-state index in [1.165, 1.54) is 4.90 Å². The van der Waals surface area contributed by atoms with Gasteiger partial charge in [-0.05, 0) is 43.5 Å². The molecule has 4 heteroatoms. The Morgan fingerprint density at radius 3 is 2.35 bits per heavy atom. The van der Waals surface area contributed by atoms with Crippen LogP contribution in [0.4, 0.5) is 5.69 Å². The van der Waals surface area contributed by atoms with Gasteiger partial charge >= 0.3 is 11.8 Å². The van der Waals surface area contributed by atoms with Crippen LogP contribution in [0.1, 0.15) is 29.7 Å². The van der Waals surface area contributed by atoms with E-state index in [-0.39, 0.29) is 6.04 Å². The molecule has 0 unspecified atom stereocenters. The van der Waals surface area contributed by atoms with Gasteiger partial charge < -0.3 is 10.2 Å². The molecule has 0 bridgehead atoms. The molecule has 0 radical (unpaired) electrons. The minimum atomic E-state index is -0.621. The summed E-state index contributed by atoms with van der Waals surface area (Å²) in [4.78, 5) is 26.1. The van der Waals surface area contributed by atoms with Crippen molar-refractivity contribution in [2.24, 2.45) is 0 Å². The van der Waals surface area contributed by atoms with Crippen molar-refractivity contribution in [2.45, 2.75) is 26.8 Å². The van der Waals surface area contributed by atoms with Gasteiger partial charge in [0.15, 0.2) is 0 Å². The summed E-state index contributed by atoms with van der Waals surface area (Å²) in [6, 6.07) is 15.2. The zero-order valence-electron chi connectivity index (χ0n) is 14.0. The third kappa shape index (κ3) is 3.97. The molecule has 1 atom stereocenters. The number of nitrogens with one attached hydrogen (secondary N) is 1. The highest BCUT2D eigenvalue weighted by atomic mass is 16.2. The second kappa shape index (κ2) is 7.09. The minimum absolute atomic E-state index is 0.173. The molecule has 0 aromatic heterocycles. The highest BCUT2D eigenvalue weighted by Crippen LogP contribution is 2.20. The summed E-state index contributed by atoms with van der Waals surface area (Å²) >= 11 is 0. The molecule has 0 saturated heterocycles. The third-order valence-corrected chi connectivity index (χ3v) is 4.02. The lowest BCUT2D eigenvalue weighted by molar-refractivity contribution is -0.143. The fourth-order valence-electron chi connectivity index (χ4n) is 2.34. The van der Waals surface area contributed by atoms with Crippen molar-refractivity contribution < 1.29 is 9.59 Å². The molecule has 4 nitrogen and oxygen atoms in total. The quantitative estimate of drug-likeness (QED) is 0.883. The molecule has 0 heterocycles. The average Bonchev–Trinajstić information content (AvgIpc) is 2.56. The summed E-state index contributed by atoms with van der Waals surface area (Å²) < 4.78 is 0. The number of anilines is 1. The number of hydrogen-bond acceptors (Lipinski definition) is 2. The van der Waals surface area contributed by atoms with Crippen molar-refractivity contribution in [3.63, 3.8) is 0 Å². The molecule has 2 rings (SSSR count). The fourth-order valence-corrected chi connectivity index (χ4v) is 2.34.